The Bertz CT molecular complexity index is 618. The van der Waals surface area contributed by atoms with Crippen LogP contribution in [0.2, 0.25) is 0 Å². The van der Waals surface area contributed by atoms with Crippen LogP contribution in [-0.4, -0.2) is 36.7 Å². The maximum Gasteiger partial charge on any atom is 0.315 e. The van der Waals surface area contributed by atoms with Gasteiger partial charge in [0.2, 0.25) is 5.91 Å². The molecule has 0 saturated heterocycles. The zero-order chi connectivity index (χ0) is 19.1. The van der Waals surface area contributed by atoms with Crippen molar-refractivity contribution in [2.24, 2.45) is 5.92 Å². The van der Waals surface area contributed by atoms with Gasteiger partial charge in [-0.3, -0.25) is 4.79 Å². The van der Waals surface area contributed by atoms with Gasteiger partial charge in [-0.25, -0.2) is 4.79 Å². The van der Waals surface area contributed by atoms with Gasteiger partial charge in [0.15, 0.2) is 0 Å². The third-order valence-electron chi connectivity index (χ3n) is 5.23. The second-order valence-corrected chi connectivity index (χ2v) is 7.62. The minimum atomic E-state index is -0.185. The maximum atomic E-state index is 12.4. The van der Waals surface area contributed by atoms with Gasteiger partial charge in [0, 0.05) is 25.1 Å². The summed E-state index contributed by atoms with van der Waals surface area (Å²) in [7, 11) is 0. The summed E-state index contributed by atoms with van der Waals surface area (Å²) < 4.78 is 5.99. The Morgan fingerprint density at radius 2 is 1.85 bits per heavy atom. The van der Waals surface area contributed by atoms with E-state index >= 15 is 0 Å². The lowest BCUT2D eigenvalue weighted by atomic mass is 9.83. The van der Waals surface area contributed by atoms with E-state index in [2.05, 4.69) is 22.9 Å². The first-order chi connectivity index (χ1) is 13.2. The molecule has 3 amide bonds. The Kier molecular flexibility index (Phi) is 7.10. The molecule has 0 aromatic heterocycles. The van der Waals surface area contributed by atoms with Crippen LogP contribution in [0.1, 0.15) is 51.0 Å². The average Bonchev–Trinajstić information content (AvgIpc) is 3.50. The van der Waals surface area contributed by atoms with Crippen LogP contribution >= 0.6 is 0 Å². The summed E-state index contributed by atoms with van der Waals surface area (Å²) in [5.41, 5.74) is 1.06. The third kappa shape index (κ3) is 6.24. The number of nitrogens with one attached hydrogen (secondary N) is 3. The van der Waals surface area contributed by atoms with Gasteiger partial charge in [0.05, 0.1) is 12.1 Å². The van der Waals surface area contributed by atoms with Crippen LogP contribution < -0.4 is 16.0 Å². The van der Waals surface area contributed by atoms with Gasteiger partial charge in [-0.1, -0.05) is 37.3 Å². The van der Waals surface area contributed by atoms with Crippen molar-refractivity contribution in [2.75, 3.05) is 6.61 Å². The normalized spacial score (nSPS) is 24.9. The lowest BCUT2D eigenvalue weighted by Crippen LogP contribution is -2.52. The minimum Gasteiger partial charge on any atom is -0.376 e. The molecule has 0 bridgehead atoms. The Balaban J connectivity index is 1.49. The summed E-state index contributed by atoms with van der Waals surface area (Å²) in [6.07, 6.45) is 5.21. The molecule has 3 N–H and O–H groups in total. The number of urea groups is 1. The van der Waals surface area contributed by atoms with E-state index in [0.717, 1.165) is 37.7 Å². The molecule has 0 unspecified atom stereocenters. The van der Waals surface area contributed by atoms with Gasteiger partial charge in [0.25, 0.3) is 0 Å². The number of carbonyl (C=O) groups excluding carboxylic acids is 2. The molecule has 27 heavy (non-hydrogen) atoms. The van der Waals surface area contributed by atoms with Crippen LogP contribution in [0.4, 0.5) is 4.79 Å². The highest BCUT2D eigenvalue weighted by Crippen LogP contribution is 2.29. The van der Waals surface area contributed by atoms with E-state index in [0.29, 0.717) is 25.6 Å². The molecule has 2 fully saturated rings. The Morgan fingerprint density at radius 3 is 2.56 bits per heavy atom. The number of amides is 3. The van der Waals surface area contributed by atoms with Crippen molar-refractivity contribution in [2.45, 2.75) is 70.2 Å². The molecule has 2 aliphatic rings. The van der Waals surface area contributed by atoms with Crippen LogP contribution in [0.5, 0.6) is 0 Å². The number of hydrogen-bond acceptors (Lipinski definition) is 3. The molecule has 1 aromatic rings. The van der Waals surface area contributed by atoms with Crippen molar-refractivity contribution in [1.29, 1.82) is 0 Å². The molecule has 6 heteroatoms. The molecule has 1 aromatic carbocycles. The second kappa shape index (κ2) is 9.74. The first kappa shape index (κ1) is 19.7. The molecule has 148 valence electrons. The number of ether oxygens (including phenoxy) is 1. The molecule has 2 saturated carbocycles. The van der Waals surface area contributed by atoms with E-state index in [1.54, 1.807) is 0 Å². The van der Waals surface area contributed by atoms with Crippen LogP contribution in [0.15, 0.2) is 30.3 Å². The number of benzene rings is 1. The molecule has 0 aliphatic heterocycles. The summed E-state index contributed by atoms with van der Waals surface area (Å²) in [5.74, 6) is 0.132. The van der Waals surface area contributed by atoms with E-state index < -0.39 is 0 Å². The van der Waals surface area contributed by atoms with Crippen molar-refractivity contribution in [3.63, 3.8) is 0 Å². The fraction of sp³-hybridized carbons (Fsp3) is 0.619. The highest BCUT2D eigenvalue weighted by atomic mass is 16.5. The zero-order valence-electron chi connectivity index (χ0n) is 16.1. The van der Waals surface area contributed by atoms with Crippen molar-refractivity contribution in [3.8, 4) is 0 Å². The molecule has 3 rings (SSSR count). The van der Waals surface area contributed by atoms with Gasteiger partial charge in [0.1, 0.15) is 0 Å². The summed E-state index contributed by atoms with van der Waals surface area (Å²) in [6, 6.07) is 9.97. The van der Waals surface area contributed by atoms with E-state index in [9.17, 15) is 9.59 Å². The van der Waals surface area contributed by atoms with Crippen LogP contribution in [0.25, 0.3) is 0 Å². The fourth-order valence-corrected chi connectivity index (χ4v) is 3.53. The number of carbonyl (C=O) groups is 2. The van der Waals surface area contributed by atoms with E-state index in [1.807, 2.05) is 30.3 Å². The Labute approximate surface area is 161 Å². The van der Waals surface area contributed by atoms with Crippen molar-refractivity contribution in [3.05, 3.63) is 35.9 Å². The van der Waals surface area contributed by atoms with Gasteiger partial charge in [-0.15, -0.1) is 0 Å². The molecule has 3 atom stereocenters. The van der Waals surface area contributed by atoms with E-state index in [-0.39, 0.29) is 30.0 Å². The second-order valence-electron chi connectivity index (χ2n) is 7.62. The maximum absolute atomic E-state index is 12.4. The molecular weight excluding hydrogens is 342 g/mol. The van der Waals surface area contributed by atoms with E-state index in [1.165, 1.54) is 0 Å². The van der Waals surface area contributed by atoms with Gasteiger partial charge in [-0.2, -0.15) is 0 Å². The van der Waals surface area contributed by atoms with E-state index in [4.69, 9.17) is 4.74 Å². The standard InChI is InChI=1S/C21H31N3O3/c1-2-12-27-19-13-16(20(25)23-17-9-10-17)8-11-18(19)24-21(26)22-14-15-6-4-3-5-7-15/h3-7,16-19H,2,8-14H2,1H3,(H,23,25)(H2,22,24,26)/t16-,18+,19+/m0/s1. The average molecular weight is 373 g/mol. The van der Waals surface area contributed by atoms with Crippen molar-refractivity contribution >= 4 is 11.9 Å². The molecule has 0 heterocycles. The third-order valence-corrected chi connectivity index (χ3v) is 5.23. The molecule has 2 aliphatic carbocycles. The quantitative estimate of drug-likeness (QED) is 0.655. The lowest BCUT2D eigenvalue weighted by molar-refractivity contribution is -0.128. The molecule has 6 nitrogen and oxygen atoms in total. The summed E-state index contributed by atoms with van der Waals surface area (Å²) in [6.45, 7) is 3.20. The molecule has 0 radical (unpaired) electrons. The summed E-state index contributed by atoms with van der Waals surface area (Å²) in [4.78, 5) is 24.7. The zero-order valence-corrected chi connectivity index (χ0v) is 16.1. The van der Waals surface area contributed by atoms with Gasteiger partial charge < -0.3 is 20.7 Å². The first-order valence-corrected chi connectivity index (χ1v) is 10.2. The van der Waals surface area contributed by atoms with Crippen LogP contribution in [0.3, 0.4) is 0 Å². The smallest absolute Gasteiger partial charge is 0.315 e. The number of rotatable bonds is 8. The topological polar surface area (TPSA) is 79.5 Å². The first-order valence-electron chi connectivity index (χ1n) is 10.2. The Hall–Kier alpha value is -2.08. The SMILES string of the molecule is CCCO[C@@H]1C[C@@H](C(=O)NC2CC2)CC[C@H]1NC(=O)NCc1ccccc1. The van der Waals surface area contributed by atoms with Gasteiger partial charge >= 0.3 is 6.03 Å². The summed E-state index contributed by atoms with van der Waals surface area (Å²) in [5, 5.41) is 9.06. The Morgan fingerprint density at radius 1 is 1.07 bits per heavy atom. The van der Waals surface area contributed by atoms with Crippen LogP contribution in [-0.2, 0) is 16.1 Å². The fourth-order valence-electron chi connectivity index (χ4n) is 3.53. The van der Waals surface area contributed by atoms with Crippen molar-refractivity contribution in [1.82, 2.24) is 16.0 Å². The highest BCUT2D eigenvalue weighted by molar-refractivity contribution is 5.79. The van der Waals surface area contributed by atoms with Crippen LogP contribution in [0, 0.1) is 5.92 Å². The summed E-state index contributed by atoms with van der Waals surface area (Å²) >= 11 is 0. The van der Waals surface area contributed by atoms with Crippen molar-refractivity contribution < 1.29 is 14.3 Å². The molecule has 0 spiro atoms. The molecular formula is C21H31N3O3. The largest absolute Gasteiger partial charge is 0.376 e. The number of hydrogen-bond donors (Lipinski definition) is 3. The predicted molar refractivity (Wildman–Crippen MR) is 104 cm³/mol. The lowest BCUT2D eigenvalue weighted by Gasteiger charge is -2.36. The van der Waals surface area contributed by atoms with Gasteiger partial charge in [-0.05, 0) is 44.1 Å². The highest BCUT2D eigenvalue weighted by Gasteiger charge is 2.36. The minimum absolute atomic E-state index is 0.0158. The predicted octanol–water partition coefficient (Wildman–Crippen LogP) is 2.73. The monoisotopic (exact) mass is 373 g/mol.